The molecule has 2 fully saturated rings. The van der Waals surface area contributed by atoms with Crippen LogP contribution in [0.4, 0.5) is 0 Å². The van der Waals surface area contributed by atoms with E-state index < -0.39 is 24.4 Å². The number of aromatic nitrogens is 3. The highest BCUT2D eigenvalue weighted by Crippen LogP contribution is 2.25. The number of hydrogen-bond donors (Lipinski definition) is 3. The van der Waals surface area contributed by atoms with Crippen LogP contribution in [0.3, 0.4) is 0 Å². The fraction of sp³-hybridized carbons (Fsp3) is 0.800. The molecule has 3 N–H and O–H groups in total. The summed E-state index contributed by atoms with van der Waals surface area (Å²) in [5, 5.41) is 31.4. The van der Waals surface area contributed by atoms with Crippen LogP contribution < -0.4 is 5.32 Å². The third-order valence-corrected chi connectivity index (χ3v) is 4.51. The molecule has 2 aliphatic heterocycles. The zero-order valence-corrected chi connectivity index (χ0v) is 14.2. The van der Waals surface area contributed by atoms with E-state index >= 15 is 0 Å². The maximum atomic E-state index is 12.3. The van der Waals surface area contributed by atoms with Crippen molar-refractivity contribution in [3.05, 3.63) is 11.9 Å². The van der Waals surface area contributed by atoms with Crippen LogP contribution >= 0.6 is 0 Å². The number of aliphatic hydroxyl groups is 2. The Morgan fingerprint density at radius 3 is 2.76 bits per heavy atom. The molecule has 3 rings (SSSR count). The van der Waals surface area contributed by atoms with Gasteiger partial charge >= 0.3 is 0 Å². The molecule has 0 aromatic carbocycles. The molecule has 3 heterocycles. The van der Waals surface area contributed by atoms with Crippen LogP contribution in [0.2, 0.25) is 0 Å². The number of carbonyl (C=O) groups is 1. The lowest BCUT2D eigenvalue weighted by Gasteiger charge is -2.28. The molecule has 10 nitrogen and oxygen atoms in total. The van der Waals surface area contributed by atoms with Gasteiger partial charge in [-0.3, -0.25) is 4.79 Å². The first-order valence-electron chi connectivity index (χ1n) is 8.49. The van der Waals surface area contributed by atoms with Gasteiger partial charge in [0.05, 0.1) is 38.0 Å². The van der Waals surface area contributed by atoms with Crippen LogP contribution in [0.25, 0.3) is 0 Å². The highest BCUT2D eigenvalue weighted by molar-refractivity contribution is 5.77. The predicted molar refractivity (Wildman–Crippen MR) is 85.5 cm³/mol. The second kappa shape index (κ2) is 8.19. The zero-order chi connectivity index (χ0) is 17.8. The van der Waals surface area contributed by atoms with Crippen LogP contribution in [0, 0.1) is 0 Å². The standard InChI is InChI=1S/C15H25N5O5/c1-16-7-10-8-20(18-17-10)9-12-15(23)14(22)11(25-12)6-13(21)19-2-4-24-5-3-19/h8,11-12,14-16,22-23H,2-7,9H2,1H3. The first-order valence-corrected chi connectivity index (χ1v) is 8.49. The van der Waals surface area contributed by atoms with Gasteiger partial charge in [0.1, 0.15) is 18.3 Å². The third kappa shape index (κ3) is 4.33. The van der Waals surface area contributed by atoms with Crippen molar-refractivity contribution < 1.29 is 24.5 Å². The van der Waals surface area contributed by atoms with Crippen molar-refractivity contribution in [1.82, 2.24) is 25.2 Å². The minimum atomic E-state index is -1.10. The van der Waals surface area contributed by atoms with Crippen LogP contribution in [0.1, 0.15) is 12.1 Å². The molecular weight excluding hydrogens is 330 g/mol. The van der Waals surface area contributed by atoms with E-state index in [4.69, 9.17) is 9.47 Å². The fourth-order valence-electron chi connectivity index (χ4n) is 3.13. The number of hydrogen-bond acceptors (Lipinski definition) is 8. The number of nitrogens with zero attached hydrogens (tertiary/aromatic N) is 4. The van der Waals surface area contributed by atoms with E-state index in [2.05, 4.69) is 15.6 Å². The normalized spacial score (nSPS) is 30.0. The molecule has 140 valence electrons. The first kappa shape index (κ1) is 18.2. The Balaban J connectivity index is 1.55. The van der Waals surface area contributed by atoms with Crippen LogP contribution in [0.15, 0.2) is 6.20 Å². The summed E-state index contributed by atoms with van der Waals surface area (Å²) in [6, 6.07) is 0. The highest BCUT2D eigenvalue weighted by atomic mass is 16.5. The lowest BCUT2D eigenvalue weighted by atomic mass is 10.0. The van der Waals surface area contributed by atoms with Gasteiger partial charge in [-0.25, -0.2) is 4.68 Å². The molecule has 1 amide bonds. The minimum absolute atomic E-state index is 0.0388. The molecule has 4 atom stereocenters. The molecular formula is C15H25N5O5. The Morgan fingerprint density at radius 1 is 1.32 bits per heavy atom. The second-order valence-electron chi connectivity index (χ2n) is 6.35. The van der Waals surface area contributed by atoms with Crippen molar-refractivity contribution in [1.29, 1.82) is 0 Å². The molecule has 1 aromatic rings. The maximum Gasteiger partial charge on any atom is 0.225 e. The Labute approximate surface area is 145 Å². The van der Waals surface area contributed by atoms with E-state index in [1.54, 1.807) is 15.8 Å². The van der Waals surface area contributed by atoms with Gasteiger partial charge in [-0.2, -0.15) is 0 Å². The number of amides is 1. The van der Waals surface area contributed by atoms with Gasteiger partial charge in [0.25, 0.3) is 0 Å². The lowest BCUT2D eigenvalue weighted by molar-refractivity contribution is -0.139. The minimum Gasteiger partial charge on any atom is -0.388 e. The van der Waals surface area contributed by atoms with Crippen LogP contribution in [-0.2, 0) is 27.4 Å². The Kier molecular flexibility index (Phi) is 5.97. The van der Waals surface area contributed by atoms with E-state index in [0.29, 0.717) is 32.8 Å². The Hall–Kier alpha value is -1.59. The van der Waals surface area contributed by atoms with Crippen LogP contribution in [0.5, 0.6) is 0 Å². The van der Waals surface area contributed by atoms with Gasteiger partial charge in [0.15, 0.2) is 0 Å². The average molecular weight is 355 g/mol. The second-order valence-corrected chi connectivity index (χ2v) is 6.35. The molecule has 0 aliphatic carbocycles. The summed E-state index contributed by atoms with van der Waals surface area (Å²) in [4.78, 5) is 14.0. The van der Waals surface area contributed by atoms with Crippen LogP contribution in [-0.4, -0.2) is 93.8 Å². The molecule has 10 heteroatoms. The van der Waals surface area contributed by atoms with E-state index in [1.165, 1.54) is 0 Å². The number of nitrogens with one attached hydrogen (secondary N) is 1. The van der Waals surface area contributed by atoms with Gasteiger partial charge in [-0.1, -0.05) is 5.21 Å². The number of rotatable bonds is 6. The van der Waals surface area contributed by atoms with E-state index in [9.17, 15) is 15.0 Å². The van der Waals surface area contributed by atoms with Gasteiger partial charge < -0.3 is 29.9 Å². The van der Waals surface area contributed by atoms with Gasteiger partial charge in [0, 0.05) is 25.8 Å². The predicted octanol–water partition coefficient (Wildman–Crippen LogP) is -2.26. The molecule has 2 saturated heterocycles. The number of morpholine rings is 1. The summed E-state index contributed by atoms with van der Waals surface area (Å²) < 4.78 is 12.5. The first-order chi connectivity index (χ1) is 12.1. The van der Waals surface area contributed by atoms with Gasteiger partial charge in [0.2, 0.25) is 5.91 Å². The summed E-state index contributed by atoms with van der Waals surface area (Å²) in [6.45, 7) is 2.98. The summed E-state index contributed by atoms with van der Waals surface area (Å²) in [6.07, 6.45) is -1.74. The molecule has 25 heavy (non-hydrogen) atoms. The topological polar surface area (TPSA) is 122 Å². The van der Waals surface area contributed by atoms with E-state index in [1.807, 2.05) is 7.05 Å². The quantitative estimate of drug-likeness (QED) is 0.522. The lowest BCUT2D eigenvalue weighted by Crippen LogP contribution is -2.43. The molecule has 2 aliphatic rings. The molecule has 0 bridgehead atoms. The van der Waals surface area contributed by atoms with Crippen molar-refractivity contribution >= 4 is 5.91 Å². The van der Waals surface area contributed by atoms with E-state index in [-0.39, 0.29) is 18.9 Å². The number of carbonyl (C=O) groups excluding carboxylic acids is 1. The SMILES string of the molecule is CNCc1cn(CC2OC(CC(=O)N3CCOCC3)C(O)C2O)nn1. The Bertz CT molecular complexity index is 576. The van der Waals surface area contributed by atoms with Crippen molar-refractivity contribution in [3.8, 4) is 0 Å². The Morgan fingerprint density at radius 2 is 2.04 bits per heavy atom. The van der Waals surface area contributed by atoms with Crippen molar-refractivity contribution in [3.63, 3.8) is 0 Å². The summed E-state index contributed by atoms with van der Waals surface area (Å²) in [5.41, 5.74) is 0.773. The molecule has 0 spiro atoms. The van der Waals surface area contributed by atoms with Gasteiger partial charge in [-0.05, 0) is 7.05 Å². The monoisotopic (exact) mass is 355 g/mol. The summed E-state index contributed by atoms with van der Waals surface area (Å²) in [7, 11) is 1.81. The number of aliphatic hydroxyl groups excluding tert-OH is 2. The molecule has 1 aromatic heterocycles. The summed E-state index contributed by atoms with van der Waals surface area (Å²) in [5.74, 6) is -0.0998. The average Bonchev–Trinajstić information content (AvgIpc) is 3.16. The maximum absolute atomic E-state index is 12.3. The molecule has 4 unspecified atom stereocenters. The largest absolute Gasteiger partial charge is 0.388 e. The smallest absolute Gasteiger partial charge is 0.225 e. The van der Waals surface area contributed by atoms with Crippen molar-refractivity contribution in [2.24, 2.45) is 0 Å². The third-order valence-electron chi connectivity index (χ3n) is 4.51. The number of ether oxygens (including phenoxy) is 2. The van der Waals surface area contributed by atoms with E-state index in [0.717, 1.165) is 5.69 Å². The zero-order valence-electron chi connectivity index (χ0n) is 14.2. The highest BCUT2D eigenvalue weighted by Gasteiger charge is 2.44. The molecule has 0 saturated carbocycles. The summed E-state index contributed by atoms with van der Waals surface area (Å²) >= 11 is 0. The van der Waals surface area contributed by atoms with Crippen molar-refractivity contribution in [2.45, 2.75) is 43.9 Å². The molecule has 0 radical (unpaired) electrons. The fourth-order valence-corrected chi connectivity index (χ4v) is 3.13. The van der Waals surface area contributed by atoms with Gasteiger partial charge in [-0.15, -0.1) is 5.10 Å². The van der Waals surface area contributed by atoms with Crippen molar-refractivity contribution in [2.75, 3.05) is 33.4 Å².